The van der Waals surface area contributed by atoms with Gasteiger partial charge in [-0.1, -0.05) is 58.0 Å². The maximum absolute atomic E-state index is 11.5. The lowest BCUT2D eigenvalue weighted by Gasteiger charge is -2.13. The fourth-order valence-corrected chi connectivity index (χ4v) is 3.47. The number of guanidine groups is 1. The zero-order valence-electron chi connectivity index (χ0n) is 32.8. The van der Waals surface area contributed by atoms with Gasteiger partial charge in [-0.3, -0.25) is 38.6 Å². The molecule has 23 nitrogen and oxygen atoms in total. The van der Waals surface area contributed by atoms with Crippen LogP contribution >= 0.6 is 0 Å². The second-order valence-corrected chi connectivity index (χ2v) is 13.0. The van der Waals surface area contributed by atoms with Crippen LogP contribution in [0.25, 0.3) is 0 Å². The van der Waals surface area contributed by atoms with Gasteiger partial charge in [-0.05, 0) is 49.5 Å². The van der Waals surface area contributed by atoms with E-state index in [1.165, 1.54) is 0 Å². The molecule has 1 aromatic rings. The molecule has 23 N–H and O–H groups in total. The molecule has 0 bridgehead atoms. The van der Waals surface area contributed by atoms with E-state index >= 15 is 0 Å². The molecule has 23 heteroatoms. The minimum atomic E-state index is -1.22. The summed E-state index contributed by atoms with van der Waals surface area (Å²) in [4.78, 5) is 75.9. The lowest BCUT2D eigenvalue weighted by Crippen LogP contribution is -2.40. The molecule has 328 valence electrons. The lowest BCUT2D eigenvalue weighted by atomic mass is 10.1. The monoisotopic (exact) mass is 820 g/mol. The molecule has 0 fully saturated rings. The van der Waals surface area contributed by atoms with Gasteiger partial charge in [-0.2, -0.15) is 0 Å². The molecule has 0 saturated heterocycles. The first kappa shape index (κ1) is 58.3. The van der Waals surface area contributed by atoms with Crippen molar-refractivity contribution in [3.8, 4) is 0 Å². The van der Waals surface area contributed by atoms with Crippen LogP contribution in [0, 0.1) is 11.8 Å². The normalized spacial score (nSPS) is 13.2. The number of carboxylic acid groups (broad SMARTS) is 5. The van der Waals surface area contributed by atoms with Crippen LogP contribution in [0.4, 0.5) is 0 Å². The average molecular weight is 821 g/mol. The second-order valence-electron chi connectivity index (χ2n) is 13.0. The van der Waals surface area contributed by atoms with E-state index in [2.05, 4.69) is 10.7 Å². The Morgan fingerprint density at radius 2 is 1.00 bits per heavy atom. The second kappa shape index (κ2) is 33.8. The predicted molar refractivity (Wildman–Crippen MR) is 210 cm³/mol. The van der Waals surface area contributed by atoms with Gasteiger partial charge in [0.15, 0.2) is 5.96 Å². The third-order valence-electron chi connectivity index (χ3n) is 6.43. The smallest absolute Gasteiger partial charge is 0.324 e. The number of hydrogen-bond donors (Lipinski definition) is 14. The Labute approximate surface area is 331 Å². The fraction of sp³-hybridized carbons (Fsp3) is 0.588. The molecule has 0 aliphatic carbocycles. The van der Waals surface area contributed by atoms with E-state index in [9.17, 15) is 33.6 Å². The van der Waals surface area contributed by atoms with E-state index in [0.717, 1.165) is 5.56 Å². The third kappa shape index (κ3) is 40.0. The Hall–Kier alpha value is -5.46. The Bertz CT molecular complexity index is 1340. The van der Waals surface area contributed by atoms with Crippen molar-refractivity contribution in [2.45, 2.75) is 102 Å². The van der Waals surface area contributed by atoms with Crippen LogP contribution in [0.2, 0.25) is 0 Å². The molecular weight excluding hydrogens is 756 g/mol. The quantitative estimate of drug-likeness (QED) is 0.0272. The highest BCUT2D eigenvalue weighted by atomic mass is 16.5. The maximum atomic E-state index is 11.5. The largest absolute Gasteiger partial charge is 0.480 e. The molecule has 0 heterocycles. The van der Waals surface area contributed by atoms with Gasteiger partial charge in [-0.25, -0.2) is 0 Å². The highest BCUT2D eigenvalue weighted by Gasteiger charge is 2.19. The van der Waals surface area contributed by atoms with Crippen LogP contribution in [0.5, 0.6) is 0 Å². The number of carbonyl (C=O) groups is 7. The first-order chi connectivity index (χ1) is 26.1. The number of ether oxygens (including phenoxy) is 1. The Kier molecular flexibility index (Phi) is 34.6. The van der Waals surface area contributed by atoms with Crippen molar-refractivity contribution < 1.29 is 63.8 Å². The summed E-state index contributed by atoms with van der Waals surface area (Å²) in [6.45, 7) is 7.83. The summed E-state index contributed by atoms with van der Waals surface area (Å²) in [6.07, 6.45) is 2.08. The Balaban J connectivity index is -0.000000320. The van der Waals surface area contributed by atoms with Gasteiger partial charge in [0.2, 0.25) is 5.91 Å². The van der Waals surface area contributed by atoms with E-state index in [-0.39, 0.29) is 19.0 Å². The van der Waals surface area contributed by atoms with Gasteiger partial charge in [0, 0.05) is 6.54 Å². The molecule has 0 radical (unpaired) electrons. The van der Waals surface area contributed by atoms with Crippen molar-refractivity contribution in [1.29, 1.82) is 0 Å². The summed E-state index contributed by atoms with van der Waals surface area (Å²) in [5, 5.41) is 41.6. The molecule has 0 aliphatic heterocycles. The molecule has 1 rings (SSSR count). The van der Waals surface area contributed by atoms with Gasteiger partial charge >= 0.3 is 35.8 Å². The standard InChI is InChI=1S/C12H16N2O4.C6H14N4O2.2C6H13NO2.C4H8N2O3/c13-9(6-8-4-2-1-3-5-8)12(17)18-7-10(14)11(15)16;7-4(5(11)12)2-1-3-10-6(8)9;2*1-4(2)3-5(7)6(8)9;5-2(4(8)9)1-3(6)7/h1-5,9-10H,6-7,13-14H2,(H,15,16);4H,1-3,7H2,(H,11,12)(H4,8,9,10);2*4-5H,3,7H2,1-2H3,(H,8,9);2H,1,5H2,(H2,6,7)(H,8,9)/t9-,10-;4-;2*5-;2-/m00000/s1. The molecule has 1 aromatic carbocycles. The number of carbonyl (C=O) groups excluding carboxylic acids is 2. The zero-order valence-corrected chi connectivity index (χ0v) is 32.8. The van der Waals surface area contributed by atoms with Crippen molar-refractivity contribution in [2.24, 2.45) is 68.4 Å². The predicted octanol–water partition coefficient (Wildman–Crippen LogP) is -2.87. The van der Waals surface area contributed by atoms with Crippen LogP contribution in [-0.4, -0.2) is 123 Å². The molecule has 0 saturated carbocycles. The summed E-state index contributed by atoms with van der Waals surface area (Å²) < 4.78 is 4.73. The SMILES string of the molecule is CC(C)C[C@H](N)C(=O)O.CC(C)C[C@H](N)C(=O)O.NC(=O)C[C@H](N)C(=O)O.NC(N)=NCCC[C@H](N)C(=O)O.N[C@@H](COC(=O)[C@@H](N)Cc1ccccc1)C(=O)O. The highest BCUT2D eigenvalue weighted by Crippen LogP contribution is 2.04. The number of nitrogens with two attached hydrogens (primary N) is 9. The molecule has 57 heavy (non-hydrogen) atoms. The van der Waals surface area contributed by atoms with Gasteiger partial charge in [0.1, 0.15) is 42.9 Å². The first-order valence-electron chi connectivity index (χ1n) is 17.4. The summed E-state index contributed by atoms with van der Waals surface area (Å²) in [5.74, 6) is -5.90. The van der Waals surface area contributed by atoms with Gasteiger partial charge < -0.3 is 81.9 Å². The summed E-state index contributed by atoms with van der Waals surface area (Å²) in [7, 11) is 0. The molecule has 1 amide bonds. The number of aliphatic imine (C=N–C) groups is 1. The third-order valence-corrected chi connectivity index (χ3v) is 6.43. The topological polar surface area (TPSA) is 476 Å². The first-order valence-corrected chi connectivity index (χ1v) is 17.4. The van der Waals surface area contributed by atoms with Crippen molar-refractivity contribution >= 4 is 47.7 Å². The fourth-order valence-electron chi connectivity index (χ4n) is 3.47. The number of esters is 1. The van der Waals surface area contributed by atoms with Crippen LogP contribution in [0.1, 0.15) is 65.4 Å². The van der Waals surface area contributed by atoms with Crippen LogP contribution < -0.4 is 51.6 Å². The summed E-state index contributed by atoms with van der Waals surface area (Å²) in [5.41, 5.74) is 47.1. The highest BCUT2D eigenvalue weighted by molar-refractivity contribution is 5.83. The van der Waals surface area contributed by atoms with E-state index in [1.807, 2.05) is 58.0 Å². The van der Waals surface area contributed by atoms with Gasteiger partial charge in [0.05, 0.1) is 6.42 Å². The lowest BCUT2D eigenvalue weighted by molar-refractivity contribution is -0.149. The van der Waals surface area contributed by atoms with Crippen LogP contribution in [0.3, 0.4) is 0 Å². The minimum absolute atomic E-state index is 0.0129. The number of aliphatic carboxylic acids is 5. The molecule has 0 aliphatic rings. The minimum Gasteiger partial charge on any atom is -0.480 e. The molecular formula is C34H64N10O13. The molecule has 6 atom stereocenters. The van der Waals surface area contributed by atoms with E-state index < -0.39 is 78.0 Å². The van der Waals surface area contributed by atoms with E-state index in [0.29, 0.717) is 50.5 Å². The molecule has 0 aromatic heterocycles. The zero-order chi connectivity index (χ0) is 45.4. The number of amides is 1. The number of primary amides is 1. The van der Waals surface area contributed by atoms with E-state index in [4.69, 9.17) is 76.1 Å². The van der Waals surface area contributed by atoms with E-state index in [1.54, 1.807) is 0 Å². The van der Waals surface area contributed by atoms with Crippen LogP contribution in [0.15, 0.2) is 35.3 Å². The molecule has 0 spiro atoms. The van der Waals surface area contributed by atoms with Gasteiger partial charge in [0.25, 0.3) is 0 Å². The number of nitrogens with zero attached hydrogens (tertiary/aromatic N) is 1. The van der Waals surface area contributed by atoms with Gasteiger partial charge in [-0.15, -0.1) is 0 Å². The number of benzene rings is 1. The Morgan fingerprint density at radius 1 is 0.596 bits per heavy atom. The summed E-state index contributed by atoms with van der Waals surface area (Å²) in [6, 6.07) is 3.82. The molecule has 0 unspecified atom stereocenters. The summed E-state index contributed by atoms with van der Waals surface area (Å²) >= 11 is 0. The maximum Gasteiger partial charge on any atom is 0.324 e. The van der Waals surface area contributed by atoms with Crippen molar-refractivity contribution in [1.82, 2.24) is 0 Å². The Morgan fingerprint density at radius 3 is 1.30 bits per heavy atom. The van der Waals surface area contributed by atoms with Crippen molar-refractivity contribution in [2.75, 3.05) is 13.2 Å². The number of rotatable bonds is 20. The van der Waals surface area contributed by atoms with Crippen molar-refractivity contribution in [3.63, 3.8) is 0 Å². The van der Waals surface area contributed by atoms with Crippen molar-refractivity contribution in [3.05, 3.63) is 35.9 Å². The van der Waals surface area contributed by atoms with Crippen LogP contribution in [-0.2, 0) is 44.7 Å². The average Bonchev–Trinajstić information content (AvgIpc) is 3.09. The number of hydrogen-bond acceptors (Lipinski definition) is 15. The number of carboxylic acids is 5.